The van der Waals surface area contributed by atoms with Gasteiger partial charge < -0.3 is 9.47 Å². The Kier molecular flexibility index (Phi) is 3.08. The molecule has 1 spiro atoms. The number of benzene rings is 1. The van der Waals surface area contributed by atoms with E-state index in [0.29, 0.717) is 22.5 Å². The molecule has 1 aromatic rings. The molecule has 3 saturated carbocycles. The van der Waals surface area contributed by atoms with Gasteiger partial charge >= 0.3 is 5.97 Å². The predicted molar refractivity (Wildman–Crippen MR) is 88.1 cm³/mol. The quantitative estimate of drug-likeness (QED) is 0.476. The highest BCUT2D eigenvalue weighted by Crippen LogP contribution is 2.75. The maximum atomic E-state index is 12.5. The lowest BCUT2D eigenvalue weighted by molar-refractivity contribution is -0.384. The highest BCUT2D eigenvalue weighted by Gasteiger charge is 2.74. The zero-order valence-corrected chi connectivity index (χ0v) is 14.0. The number of nitrogens with zero attached hydrogens (tertiary/aromatic N) is 1. The van der Waals surface area contributed by atoms with Crippen molar-refractivity contribution < 1.29 is 19.2 Å². The van der Waals surface area contributed by atoms with Gasteiger partial charge in [-0.1, -0.05) is 12.8 Å². The molecule has 5 atom stereocenters. The maximum absolute atomic E-state index is 12.5. The molecule has 1 saturated heterocycles. The van der Waals surface area contributed by atoms with E-state index >= 15 is 0 Å². The van der Waals surface area contributed by atoms with Crippen LogP contribution in [0.1, 0.15) is 55.3 Å². The van der Waals surface area contributed by atoms with Crippen molar-refractivity contribution in [3.8, 4) is 0 Å². The summed E-state index contributed by atoms with van der Waals surface area (Å²) in [7, 11) is 0. The second-order valence-corrected chi connectivity index (χ2v) is 8.17. The van der Waals surface area contributed by atoms with Gasteiger partial charge in [0.15, 0.2) is 0 Å². The van der Waals surface area contributed by atoms with E-state index in [0.717, 1.165) is 19.3 Å². The Morgan fingerprint density at radius 1 is 1.16 bits per heavy atom. The van der Waals surface area contributed by atoms with E-state index < -0.39 is 10.9 Å². The largest absolute Gasteiger partial charge is 0.456 e. The summed E-state index contributed by atoms with van der Waals surface area (Å²) in [5, 5.41) is 10.7. The zero-order valence-electron chi connectivity index (χ0n) is 14.0. The molecule has 1 heterocycles. The van der Waals surface area contributed by atoms with Crippen LogP contribution in [0.25, 0.3) is 0 Å². The first-order valence-corrected chi connectivity index (χ1v) is 9.14. The third-order valence-electron chi connectivity index (χ3n) is 7.26. The van der Waals surface area contributed by atoms with Crippen LogP contribution in [0.5, 0.6) is 0 Å². The number of carbonyl (C=O) groups excluding carboxylic acids is 1. The Morgan fingerprint density at radius 2 is 1.92 bits per heavy atom. The molecule has 3 aliphatic carbocycles. The van der Waals surface area contributed by atoms with Crippen molar-refractivity contribution in [2.24, 2.45) is 10.8 Å². The minimum absolute atomic E-state index is 0.0146. The SMILES string of the molecule is O=C(OC1CC23CCCCC24CC1OC4C3)c1ccc([N+](=O)[O-])cc1. The number of fused-ring (bicyclic) bond motifs is 1. The van der Waals surface area contributed by atoms with Gasteiger partial charge in [-0.15, -0.1) is 0 Å². The fourth-order valence-corrected chi connectivity index (χ4v) is 6.06. The Balaban J connectivity index is 1.33. The molecule has 25 heavy (non-hydrogen) atoms. The standard InChI is InChI=1S/C19H21NO5/c21-17(12-3-5-13(6-4-12)20(22)23)25-14-9-18-7-1-2-8-19(18)10-15(14)24-16(19)11-18/h3-6,14-16H,1-2,7-11H2. The fourth-order valence-electron chi connectivity index (χ4n) is 6.06. The van der Waals surface area contributed by atoms with Gasteiger partial charge in [-0.3, -0.25) is 10.1 Å². The number of hydrogen-bond donors (Lipinski definition) is 0. The minimum Gasteiger partial charge on any atom is -0.456 e. The van der Waals surface area contributed by atoms with Crippen molar-refractivity contribution >= 4 is 11.7 Å². The number of ether oxygens (including phenoxy) is 2. The summed E-state index contributed by atoms with van der Waals surface area (Å²) < 4.78 is 12.1. The number of carbonyl (C=O) groups is 1. The minimum atomic E-state index is -0.475. The maximum Gasteiger partial charge on any atom is 0.338 e. The monoisotopic (exact) mass is 343 g/mol. The van der Waals surface area contributed by atoms with Crippen molar-refractivity contribution in [1.29, 1.82) is 0 Å². The third-order valence-corrected chi connectivity index (χ3v) is 7.26. The predicted octanol–water partition coefficient (Wildman–Crippen LogP) is 3.63. The molecular weight excluding hydrogens is 322 g/mol. The third kappa shape index (κ3) is 1.97. The van der Waals surface area contributed by atoms with Crippen LogP contribution in [0, 0.1) is 20.9 Å². The molecule has 4 fully saturated rings. The van der Waals surface area contributed by atoms with E-state index in [9.17, 15) is 14.9 Å². The van der Waals surface area contributed by atoms with Gasteiger partial charge in [-0.2, -0.15) is 0 Å². The second kappa shape index (κ2) is 5.04. The Bertz CT molecular complexity index is 747. The molecule has 132 valence electrons. The molecule has 6 nitrogen and oxygen atoms in total. The molecule has 1 aromatic carbocycles. The molecule has 4 aliphatic rings. The lowest BCUT2D eigenvalue weighted by Crippen LogP contribution is -2.63. The summed E-state index contributed by atoms with van der Waals surface area (Å²) in [5.74, 6) is -0.410. The van der Waals surface area contributed by atoms with Gasteiger partial charge in [0.1, 0.15) is 6.10 Å². The zero-order chi connectivity index (χ0) is 17.2. The fraction of sp³-hybridized carbons (Fsp3) is 0.632. The van der Waals surface area contributed by atoms with E-state index in [4.69, 9.17) is 9.47 Å². The smallest absolute Gasteiger partial charge is 0.338 e. The van der Waals surface area contributed by atoms with Crippen molar-refractivity contribution in [3.63, 3.8) is 0 Å². The van der Waals surface area contributed by atoms with Crippen LogP contribution in [0.3, 0.4) is 0 Å². The number of nitro groups is 1. The average molecular weight is 343 g/mol. The van der Waals surface area contributed by atoms with Crippen molar-refractivity contribution in [1.82, 2.24) is 0 Å². The molecule has 0 aromatic heterocycles. The first-order valence-electron chi connectivity index (χ1n) is 9.14. The number of rotatable bonds is 3. The van der Waals surface area contributed by atoms with Crippen molar-refractivity contribution in [3.05, 3.63) is 39.9 Å². The summed E-state index contributed by atoms with van der Waals surface area (Å²) in [4.78, 5) is 22.8. The average Bonchev–Trinajstić information content (AvgIpc) is 2.75. The Hall–Kier alpha value is -1.95. The summed E-state index contributed by atoms with van der Waals surface area (Å²) >= 11 is 0. The van der Waals surface area contributed by atoms with Gasteiger partial charge in [0.25, 0.3) is 5.69 Å². The lowest BCUT2D eigenvalue weighted by atomic mass is 9.39. The van der Waals surface area contributed by atoms with Crippen LogP contribution >= 0.6 is 0 Å². The molecule has 6 heteroatoms. The summed E-state index contributed by atoms with van der Waals surface area (Å²) in [6.07, 6.45) is 8.28. The van der Waals surface area contributed by atoms with Gasteiger partial charge in [0.05, 0.1) is 22.7 Å². The molecule has 1 aliphatic heterocycles. The van der Waals surface area contributed by atoms with Crippen LogP contribution in [0.15, 0.2) is 24.3 Å². The van der Waals surface area contributed by atoms with Gasteiger partial charge in [0.2, 0.25) is 0 Å². The second-order valence-electron chi connectivity index (χ2n) is 8.17. The van der Waals surface area contributed by atoms with E-state index in [2.05, 4.69) is 0 Å². The van der Waals surface area contributed by atoms with E-state index in [-0.39, 0.29) is 17.9 Å². The Labute approximate surface area is 145 Å². The lowest BCUT2D eigenvalue weighted by Gasteiger charge is -2.65. The van der Waals surface area contributed by atoms with E-state index in [1.807, 2.05) is 0 Å². The van der Waals surface area contributed by atoms with Gasteiger partial charge in [-0.05, 0) is 49.7 Å². The van der Waals surface area contributed by atoms with Crippen LogP contribution in [-0.4, -0.2) is 29.2 Å². The van der Waals surface area contributed by atoms with Crippen molar-refractivity contribution in [2.75, 3.05) is 0 Å². The van der Waals surface area contributed by atoms with Crippen LogP contribution < -0.4 is 0 Å². The molecule has 5 rings (SSSR count). The molecule has 0 N–H and O–H groups in total. The molecule has 0 amide bonds. The highest BCUT2D eigenvalue weighted by molar-refractivity contribution is 5.89. The van der Waals surface area contributed by atoms with Crippen LogP contribution in [0.2, 0.25) is 0 Å². The number of non-ortho nitro benzene ring substituents is 1. The highest BCUT2D eigenvalue weighted by atomic mass is 16.6. The van der Waals surface area contributed by atoms with Gasteiger partial charge in [0, 0.05) is 17.5 Å². The van der Waals surface area contributed by atoms with Crippen LogP contribution in [-0.2, 0) is 9.47 Å². The van der Waals surface area contributed by atoms with Crippen molar-refractivity contribution in [2.45, 2.75) is 63.3 Å². The summed E-state index contributed by atoms with van der Waals surface area (Å²) in [6.45, 7) is 0. The number of nitro benzene ring substituents is 1. The van der Waals surface area contributed by atoms with E-state index in [1.165, 1.54) is 49.9 Å². The molecular formula is C19H21NO5. The first-order chi connectivity index (χ1) is 12.0. The number of hydrogen-bond acceptors (Lipinski definition) is 5. The first kappa shape index (κ1) is 15.3. The summed E-state index contributed by atoms with van der Waals surface area (Å²) in [5.41, 5.74) is 0.990. The van der Waals surface area contributed by atoms with Gasteiger partial charge in [-0.25, -0.2) is 4.79 Å². The Morgan fingerprint density at radius 3 is 2.68 bits per heavy atom. The normalized spacial score (nSPS) is 40.7. The molecule has 5 unspecified atom stereocenters. The van der Waals surface area contributed by atoms with E-state index in [1.54, 1.807) is 0 Å². The summed E-state index contributed by atoms with van der Waals surface area (Å²) in [6, 6.07) is 5.60. The molecule has 0 radical (unpaired) electrons. The topological polar surface area (TPSA) is 78.7 Å². The van der Waals surface area contributed by atoms with Crippen LogP contribution in [0.4, 0.5) is 5.69 Å². The number of esters is 1. The molecule has 2 bridgehead atoms.